The van der Waals surface area contributed by atoms with Crippen molar-refractivity contribution in [1.82, 2.24) is 4.90 Å². The highest BCUT2D eigenvalue weighted by atomic mass is 16.5. The first-order chi connectivity index (χ1) is 15.1. The lowest BCUT2D eigenvalue weighted by Crippen LogP contribution is -2.47. The number of amides is 1. The smallest absolute Gasteiger partial charge is 0.299 e. The number of carbonyl (C=O) groups is 1. The van der Waals surface area contributed by atoms with Gasteiger partial charge in [0.05, 0.1) is 13.2 Å². The zero-order valence-electron chi connectivity index (χ0n) is 18.6. The molecule has 0 unspecified atom stereocenters. The molecule has 1 aliphatic carbocycles. The van der Waals surface area contributed by atoms with Gasteiger partial charge in [-0.1, -0.05) is 38.0 Å². The number of hydrogen-bond acceptors (Lipinski definition) is 3. The molecule has 2 aliphatic rings. The van der Waals surface area contributed by atoms with Crippen molar-refractivity contribution in [2.75, 3.05) is 12.4 Å². The number of nitrogens with zero attached hydrogens (tertiary/aromatic N) is 1. The van der Waals surface area contributed by atoms with Gasteiger partial charge in [-0.05, 0) is 79.0 Å². The summed E-state index contributed by atoms with van der Waals surface area (Å²) in [5.74, 6) is 3.02. The van der Waals surface area contributed by atoms with Crippen LogP contribution >= 0.6 is 0 Å². The average Bonchev–Trinajstić information content (AvgIpc) is 2.78. The van der Waals surface area contributed by atoms with Crippen LogP contribution in [0.2, 0.25) is 0 Å². The summed E-state index contributed by atoms with van der Waals surface area (Å²) in [6.45, 7) is 2.18. The molecular formula is C27H32N2O2. The monoisotopic (exact) mass is 416 g/mol. The number of nitrogens with one attached hydrogen (secondary N) is 1. The van der Waals surface area contributed by atoms with E-state index in [1.54, 1.807) is 7.11 Å². The van der Waals surface area contributed by atoms with Gasteiger partial charge in [0.15, 0.2) is 0 Å². The number of carbonyl (C=O) groups excluding carboxylic acids is 1. The van der Waals surface area contributed by atoms with Crippen LogP contribution in [-0.4, -0.2) is 30.0 Å². The quantitative estimate of drug-likeness (QED) is 0.621. The van der Waals surface area contributed by atoms with E-state index < -0.39 is 0 Å². The van der Waals surface area contributed by atoms with Crippen LogP contribution in [0.5, 0.6) is 5.75 Å². The van der Waals surface area contributed by atoms with Crippen molar-refractivity contribution in [2.45, 2.75) is 70.0 Å². The lowest BCUT2D eigenvalue weighted by atomic mass is 9.83. The van der Waals surface area contributed by atoms with Crippen LogP contribution in [0.25, 0.3) is 0 Å². The molecule has 0 bridgehead atoms. The van der Waals surface area contributed by atoms with Crippen LogP contribution in [0.1, 0.15) is 68.2 Å². The molecule has 4 heteroatoms. The Kier molecular flexibility index (Phi) is 6.51. The maximum Gasteiger partial charge on any atom is 0.299 e. The molecule has 0 saturated heterocycles. The number of ether oxygens (including phenoxy) is 1. The van der Waals surface area contributed by atoms with Crippen molar-refractivity contribution in [1.29, 1.82) is 0 Å². The molecule has 1 fully saturated rings. The zero-order chi connectivity index (χ0) is 21.8. The summed E-state index contributed by atoms with van der Waals surface area (Å²) in [6.07, 6.45) is 13.3. The minimum Gasteiger partial charge on any atom is -0.497 e. The summed E-state index contributed by atoms with van der Waals surface area (Å²) in [5, 5.41) is 3.60. The van der Waals surface area contributed by atoms with Gasteiger partial charge in [-0.3, -0.25) is 4.79 Å². The van der Waals surface area contributed by atoms with Gasteiger partial charge in [-0.15, -0.1) is 6.42 Å². The summed E-state index contributed by atoms with van der Waals surface area (Å²) in [6, 6.07) is 15.2. The maximum absolute atomic E-state index is 13.0. The molecule has 0 aromatic heterocycles. The predicted octanol–water partition coefficient (Wildman–Crippen LogP) is 5.33. The maximum atomic E-state index is 13.0. The van der Waals surface area contributed by atoms with E-state index in [2.05, 4.69) is 54.6 Å². The van der Waals surface area contributed by atoms with Crippen LogP contribution in [0, 0.1) is 12.3 Å². The van der Waals surface area contributed by atoms with Crippen molar-refractivity contribution in [3.05, 3.63) is 59.2 Å². The van der Waals surface area contributed by atoms with Gasteiger partial charge in [0.25, 0.3) is 5.91 Å². The van der Waals surface area contributed by atoms with E-state index >= 15 is 0 Å². The van der Waals surface area contributed by atoms with Crippen LogP contribution in [0.4, 0.5) is 5.69 Å². The molecule has 0 spiro atoms. The molecule has 4 rings (SSSR count). The summed E-state index contributed by atoms with van der Waals surface area (Å²) in [5.41, 5.74) is 4.60. The van der Waals surface area contributed by atoms with Crippen LogP contribution in [0.15, 0.2) is 42.5 Å². The Labute approximate surface area is 186 Å². The Balaban J connectivity index is 1.73. The number of hydrogen-bond donors (Lipinski definition) is 1. The fraction of sp³-hybridized carbons (Fsp3) is 0.444. The van der Waals surface area contributed by atoms with Crippen molar-refractivity contribution in [2.24, 2.45) is 0 Å². The molecule has 0 radical (unpaired) electrons. The summed E-state index contributed by atoms with van der Waals surface area (Å²) < 4.78 is 5.48. The number of rotatable bonds is 7. The highest BCUT2D eigenvalue weighted by Crippen LogP contribution is 2.41. The second-order valence-corrected chi connectivity index (χ2v) is 8.72. The van der Waals surface area contributed by atoms with Gasteiger partial charge >= 0.3 is 0 Å². The van der Waals surface area contributed by atoms with Crippen molar-refractivity contribution in [3.8, 4) is 18.1 Å². The molecule has 1 N–H and O–H groups in total. The van der Waals surface area contributed by atoms with Gasteiger partial charge in [-0.2, -0.15) is 0 Å². The zero-order valence-corrected chi connectivity index (χ0v) is 18.6. The molecule has 31 heavy (non-hydrogen) atoms. The Bertz CT molecular complexity index is 956. The average molecular weight is 417 g/mol. The molecular weight excluding hydrogens is 384 g/mol. The topological polar surface area (TPSA) is 41.6 Å². The number of fused-ring (bicyclic) bond motifs is 1. The predicted molar refractivity (Wildman–Crippen MR) is 125 cm³/mol. The second-order valence-electron chi connectivity index (χ2n) is 8.72. The van der Waals surface area contributed by atoms with Crippen LogP contribution in [-0.2, 0) is 11.2 Å². The third kappa shape index (κ3) is 4.42. The molecule has 1 amide bonds. The first-order valence-electron chi connectivity index (χ1n) is 11.5. The minimum atomic E-state index is -0.232. The number of unbranched alkanes of at least 4 members (excludes halogenated alkanes) is 1. The Hall–Kier alpha value is -2.93. The van der Waals surface area contributed by atoms with Gasteiger partial charge in [0.2, 0.25) is 0 Å². The molecule has 1 saturated carbocycles. The van der Waals surface area contributed by atoms with Gasteiger partial charge < -0.3 is 15.0 Å². The van der Waals surface area contributed by atoms with E-state index in [9.17, 15) is 4.79 Å². The molecule has 4 nitrogen and oxygen atoms in total. The Morgan fingerprint density at radius 1 is 1.23 bits per heavy atom. The van der Waals surface area contributed by atoms with Gasteiger partial charge in [-0.25, -0.2) is 0 Å². The summed E-state index contributed by atoms with van der Waals surface area (Å²) >= 11 is 0. The fourth-order valence-corrected chi connectivity index (χ4v) is 4.79. The third-order valence-corrected chi connectivity index (χ3v) is 6.72. The Morgan fingerprint density at radius 3 is 2.61 bits per heavy atom. The van der Waals surface area contributed by atoms with Crippen molar-refractivity contribution >= 4 is 11.6 Å². The highest BCUT2D eigenvalue weighted by molar-refractivity contribution is 5.94. The second kappa shape index (κ2) is 9.47. The largest absolute Gasteiger partial charge is 0.497 e. The molecule has 2 atom stereocenters. The summed E-state index contributed by atoms with van der Waals surface area (Å²) in [7, 11) is 1.69. The lowest BCUT2D eigenvalue weighted by molar-refractivity contribution is -0.130. The van der Waals surface area contributed by atoms with E-state index in [-0.39, 0.29) is 18.0 Å². The van der Waals surface area contributed by atoms with E-state index in [0.29, 0.717) is 6.04 Å². The van der Waals surface area contributed by atoms with Gasteiger partial charge in [0, 0.05) is 17.8 Å². The fourth-order valence-electron chi connectivity index (χ4n) is 4.79. The summed E-state index contributed by atoms with van der Waals surface area (Å²) in [4.78, 5) is 14.9. The molecule has 162 valence electrons. The molecule has 1 aliphatic heterocycles. The normalized spacial score (nSPS) is 20.4. The van der Waals surface area contributed by atoms with Crippen molar-refractivity contribution in [3.63, 3.8) is 0 Å². The first kappa shape index (κ1) is 21.3. The standard InChI is InChI=1S/C27H32N2O2/c1-4-6-10-23-17-20-18-24(31-3)15-16-25(20)27(29(23)26(30)5-2)19-11-13-22(14-12-19)28-21-8-7-9-21/h2,11-16,18,21,23,27-28H,4,6-10,17H2,1,3H3/t23-,27-/m0/s1. The van der Waals surface area contributed by atoms with Crippen LogP contribution in [0.3, 0.4) is 0 Å². The van der Waals surface area contributed by atoms with E-state index in [0.717, 1.165) is 48.2 Å². The number of benzene rings is 2. The number of methoxy groups -OCH3 is 1. The SMILES string of the molecule is C#CC(=O)N1[C@@H](CCCC)Cc2cc(OC)ccc2[C@@H]1c1ccc(NC2CCC2)cc1. The molecule has 2 aromatic carbocycles. The first-order valence-corrected chi connectivity index (χ1v) is 11.5. The lowest BCUT2D eigenvalue weighted by Gasteiger charge is -2.43. The van der Waals surface area contributed by atoms with Gasteiger partial charge in [0.1, 0.15) is 5.75 Å². The molecule has 1 heterocycles. The highest BCUT2D eigenvalue weighted by Gasteiger charge is 2.37. The van der Waals surface area contributed by atoms with E-state index in [1.165, 1.54) is 24.8 Å². The van der Waals surface area contributed by atoms with E-state index in [4.69, 9.17) is 11.2 Å². The number of terminal acetylenes is 1. The van der Waals surface area contributed by atoms with Crippen LogP contribution < -0.4 is 10.1 Å². The minimum absolute atomic E-state index is 0.0842. The van der Waals surface area contributed by atoms with E-state index in [1.807, 2.05) is 11.0 Å². The Morgan fingerprint density at radius 2 is 2.00 bits per heavy atom. The number of anilines is 1. The third-order valence-electron chi connectivity index (χ3n) is 6.72. The van der Waals surface area contributed by atoms with Crippen molar-refractivity contribution < 1.29 is 9.53 Å². The molecule has 2 aromatic rings.